The maximum absolute atomic E-state index is 15.7. The highest BCUT2D eigenvalue weighted by molar-refractivity contribution is 6.00. The lowest BCUT2D eigenvalue weighted by Crippen LogP contribution is -2.04. The Labute approximate surface area is 219 Å². The number of aliphatic carboxylic acids is 1. The summed E-state index contributed by atoms with van der Waals surface area (Å²) in [7, 11) is 0. The second-order valence-corrected chi connectivity index (χ2v) is 8.23. The number of hydrogen-bond donors (Lipinski definition) is 3. The van der Waals surface area contributed by atoms with Crippen LogP contribution < -0.4 is 10.5 Å². The lowest BCUT2D eigenvalue weighted by atomic mass is 9.86. The fourth-order valence-electron chi connectivity index (χ4n) is 4.06. The SMILES string of the molecule is CC/C(=C(/c1ccc(/C=C/C(=O)O)cc1)c1ccc(N)c(C=N)c1F)c1ccc(Oc2ncccn2)cc1. The summed E-state index contributed by atoms with van der Waals surface area (Å²) in [6.07, 6.45) is 7.21. The van der Waals surface area contributed by atoms with Gasteiger partial charge in [-0.1, -0.05) is 43.3 Å². The summed E-state index contributed by atoms with van der Waals surface area (Å²) in [5, 5.41) is 16.6. The van der Waals surface area contributed by atoms with E-state index in [-0.39, 0.29) is 17.3 Å². The molecule has 0 aliphatic rings. The maximum atomic E-state index is 15.7. The van der Waals surface area contributed by atoms with E-state index in [1.165, 1.54) is 6.08 Å². The zero-order valence-corrected chi connectivity index (χ0v) is 20.6. The smallest absolute Gasteiger partial charge is 0.328 e. The maximum Gasteiger partial charge on any atom is 0.328 e. The van der Waals surface area contributed by atoms with Crippen molar-refractivity contribution in [1.29, 1.82) is 5.41 Å². The van der Waals surface area contributed by atoms with Gasteiger partial charge in [0.05, 0.1) is 5.56 Å². The van der Waals surface area contributed by atoms with Crippen molar-refractivity contribution >= 4 is 35.1 Å². The molecule has 0 bridgehead atoms. The molecule has 0 fully saturated rings. The average Bonchev–Trinajstić information content (AvgIpc) is 2.93. The van der Waals surface area contributed by atoms with Crippen LogP contribution in [-0.4, -0.2) is 27.3 Å². The normalized spacial score (nSPS) is 11.7. The van der Waals surface area contributed by atoms with Gasteiger partial charge in [0, 0.05) is 35.9 Å². The molecule has 190 valence electrons. The third-order valence-electron chi connectivity index (χ3n) is 5.85. The van der Waals surface area contributed by atoms with Gasteiger partial charge in [-0.3, -0.25) is 0 Å². The molecular weight excluding hydrogens is 483 g/mol. The molecule has 0 radical (unpaired) electrons. The molecule has 1 heterocycles. The lowest BCUT2D eigenvalue weighted by molar-refractivity contribution is -0.131. The van der Waals surface area contributed by atoms with Gasteiger partial charge in [-0.25, -0.2) is 19.2 Å². The van der Waals surface area contributed by atoms with Crippen LogP contribution in [0.1, 0.15) is 41.2 Å². The Bertz CT molecular complexity index is 1510. The van der Waals surface area contributed by atoms with Crippen molar-refractivity contribution in [2.75, 3.05) is 5.73 Å². The largest absolute Gasteiger partial charge is 0.478 e. The zero-order chi connectivity index (χ0) is 27.1. The average molecular weight is 509 g/mol. The molecule has 8 heteroatoms. The minimum absolute atomic E-state index is 0.0167. The van der Waals surface area contributed by atoms with Gasteiger partial charge in [-0.05, 0) is 70.7 Å². The second kappa shape index (κ2) is 11.7. The van der Waals surface area contributed by atoms with Gasteiger partial charge in [-0.15, -0.1) is 0 Å². The Balaban J connectivity index is 1.85. The molecule has 4 rings (SSSR count). The zero-order valence-electron chi connectivity index (χ0n) is 20.6. The van der Waals surface area contributed by atoms with Crippen LogP contribution in [0.25, 0.3) is 17.2 Å². The van der Waals surface area contributed by atoms with Crippen LogP contribution in [0.15, 0.2) is 85.2 Å². The van der Waals surface area contributed by atoms with Crippen LogP contribution in [0, 0.1) is 11.2 Å². The van der Waals surface area contributed by atoms with Crippen LogP contribution in [0.4, 0.5) is 10.1 Å². The molecule has 38 heavy (non-hydrogen) atoms. The Hall–Kier alpha value is -5.11. The number of rotatable bonds is 9. The number of ether oxygens (including phenoxy) is 1. The summed E-state index contributed by atoms with van der Waals surface area (Å²) in [6, 6.07) is 19.7. The van der Waals surface area contributed by atoms with E-state index in [1.807, 2.05) is 31.2 Å². The van der Waals surface area contributed by atoms with Crippen LogP contribution in [-0.2, 0) is 4.79 Å². The topological polar surface area (TPSA) is 122 Å². The monoisotopic (exact) mass is 508 g/mol. The van der Waals surface area contributed by atoms with Crippen LogP contribution in [0.5, 0.6) is 11.8 Å². The van der Waals surface area contributed by atoms with Gasteiger partial charge in [0.25, 0.3) is 0 Å². The van der Waals surface area contributed by atoms with Gasteiger partial charge in [0.1, 0.15) is 11.6 Å². The molecule has 0 aliphatic carbocycles. The third kappa shape index (κ3) is 5.82. The summed E-state index contributed by atoms with van der Waals surface area (Å²) in [6.45, 7) is 1.98. The Morgan fingerprint density at radius 1 is 1.03 bits per heavy atom. The Morgan fingerprint density at radius 3 is 2.29 bits per heavy atom. The molecule has 4 N–H and O–H groups in total. The van der Waals surface area contributed by atoms with Crippen LogP contribution in [0.2, 0.25) is 0 Å². The Morgan fingerprint density at radius 2 is 1.68 bits per heavy atom. The predicted octanol–water partition coefficient (Wildman–Crippen LogP) is 6.45. The van der Waals surface area contributed by atoms with Crippen molar-refractivity contribution in [3.8, 4) is 11.8 Å². The van der Waals surface area contributed by atoms with Crippen LogP contribution >= 0.6 is 0 Å². The van der Waals surface area contributed by atoms with Crippen molar-refractivity contribution in [3.63, 3.8) is 0 Å². The Kier molecular flexibility index (Phi) is 8.03. The molecule has 0 amide bonds. The lowest BCUT2D eigenvalue weighted by Gasteiger charge is -2.18. The number of nitrogen functional groups attached to an aromatic ring is 1. The summed E-state index contributed by atoms with van der Waals surface area (Å²) < 4.78 is 21.4. The summed E-state index contributed by atoms with van der Waals surface area (Å²) in [5.41, 5.74) is 10.2. The van der Waals surface area contributed by atoms with E-state index >= 15 is 4.39 Å². The fourth-order valence-corrected chi connectivity index (χ4v) is 4.06. The highest BCUT2D eigenvalue weighted by Crippen LogP contribution is 2.37. The number of nitrogens with one attached hydrogen (secondary N) is 1. The van der Waals surface area contributed by atoms with Crippen molar-refractivity contribution in [2.24, 2.45) is 0 Å². The first-order chi connectivity index (χ1) is 18.4. The fraction of sp³-hybridized carbons (Fsp3) is 0.0667. The number of aromatic nitrogens is 2. The summed E-state index contributed by atoms with van der Waals surface area (Å²) in [5.74, 6) is -1.08. The van der Waals surface area contributed by atoms with Gasteiger partial charge in [-0.2, -0.15) is 0 Å². The number of anilines is 1. The minimum atomic E-state index is -1.04. The van der Waals surface area contributed by atoms with E-state index in [9.17, 15) is 4.79 Å². The van der Waals surface area contributed by atoms with Crippen LogP contribution in [0.3, 0.4) is 0 Å². The molecule has 0 saturated carbocycles. The molecule has 4 aromatic rings. The van der Waals surface area contributed by atoms with E-state index in [4.69, 9.17) is 21.0 Å². The number of nitrogens with zero attached hydrogens (tertiary/aromatic N) is 2. The van der Waals surface area contributed by atoms with E-state index < -0.39 is 11.8 Å². The number of benzene rings is 3. The first kappa shape index (κ1) is 26.0. The van der Waals surface area contributed by atoms with Gasteiger partial charge < -0.3 is 21.0 Å². The van der Waals surface area contributed by atoms with E-state index in [2.05, 4.69) is 9.97 Å². The number of nitrogens with two attached hydrogens (primary N) is 1. The quantitative estimate of drug-likeness (QED) is 0.103. The van der Waals surface area contributed by atoms with Gasteiger partial charge in [0.2, 0.25) is 0 Å². The standard InChI is InChI=1S/C30H25FN4O3/c1-2-23(20-9-11-22(12-10-20)38-30-34-16-3-17-35-30)28(24-13-14-26(33)25(18-32)29(24)31)21-7-4-19(5-8-21)6-15-27(36)37/h3-18,32H,2,33H2,1H3,(H,36,37)/b15-6+,28-23+,32-18?. The molecule has 3 aromatic carbocycles. The summed E-state index contributed by atoms with van der Waals surface area (Å²) >= 11 is 0. The molecule has 0 saturated heterocycles. The van der Waals surface area contributed by atoms with E-state index in [0.29, 0.717) is 28.9 Å². The first-order valence-corrected chi connectivity index (χ1v) is 11.8. The molecule has 0 aliphatic heterocycles. The minimum Gasteiger partial charge on any atom is -0.478 e. The third-order valence-corrected chi connectivity index (χ3v) is 5.85. The molecular formula is C30H25FN4O3. The second-order valence-electron chi connectivity index (χ2n) is 8.23. The van der Waals surface area contributed by atoms with Gasteiger partial charge >= 0.3 is 12.0 Å². The highest BCUT2D eigenvalue weighted by atomic mass is 19.1. The van der Waals surface area contributed by atoms with Crippen molar-refractivity contribution < 1.29 is 19.0 Å². The number of carboxylic acid groups (broad SMARTS) is 1. The van der Waals surface area contributed by atoms with E-state index in [1.54, 1.807) is 54.9 Å². The number of allylic oxidation sites excluding steroid dienone is 1. The van der Waals surface area contributed by atoms with Gasteiger partial charge in [0.15, 0.2) is 0 Å². The number of carbonyl (C=O) groups is 1. The molecule has 0 spiro atoms. The van der Waals surface area contributed by atoms with E-state index in [0.717, 1.165) is 29.0 Å². The van der Waals surface area contributed by atoms with Crippen molar-refractivity contribution in [3.05, 3.63) is 119 Å². The number of hydrogen-bond acceptors (Lipinski definition) is 6. The summed E-state index contributed by atoms with van der Waals surface area (Å²) in [4.78, 5) is 19.0. The molecule has 0 unspecified atom stereocenters. The molecule has 1 aromatic heterocycles. The van der Waals surface area contributed by atoms with Crippen molar-refractivity contribution in [2.45, 2.75) is 13.3 Å². The highest BCUT2D eigenvalue weighted by Gasteiger charge is 2.19. The number of carboxylic acids is 1. The molecule has 7 nitrogen and oxygen atoms in total. The molecule has 0 atom stereocenters. The first-order valence-electron chi connectivity index (χ1n) is 11.8. The predicted molar refractivity (Wildman–Crippen MR) is 147 cm³/mol. The van der Waals surface area contributed by atoms with Crippen molar-refractivity contribution in [1.82, 2.24) is 9.97 Å². The number of halogens is 1.